The highest BCUT2D eigenvalue weighted by Crippen LogP contribution is 2.16. The normalized spacial score (nSPS) is 14.7. The first-order valence-electron chi connectivity index (χ1n) is 7.21. The molecule has 0 N–H and O–H groups in total. The van der Waals surface area contributed by atoms with Crippen molar-refractivity contribution in [1.29, 1.82) is 0 Å². The SMILES string of the molecule is Cc1nn(Cc2cccc(Cl)c2)cc1C(=O)N1CCCC1. The van der Waals surface area contributed by atoms with Gasteiger partial charge in [-0.3, -0.25) is 9.48 Å². The van der Waals surface area contributed by atoms with E-state index < -0.39 is 0 Å². The number of aromatic nitrogens is 2. The number of halogens is 1. The molecule has 5 heteroatoms. The molecule has 110 valence electrons. The van der Waals surface area contributed by atoms with Crippen molar-refractivity contribution in [3.63, 3.8) is 0 Å². The van der Waals surface area contributed by atoms with Crippen LogP contribution >= 0.6 is 11.6 Å². The summed E-state index contributed by atoms with van der Waals surface area (Å²) in [5.74, 6) is 0.0994. The Hall–Kier alpha value is -1.81. The van der Waals surface area contributed by atoms with E-state index in [1.54, 1.807) is 0 Å². The molecule has 0 unspecified atom stereocenters. The van der Waals surface area contributed by atoms with Crippen LogP contribution in [0, 0.1) is 6.92 Å². The number of nitrogens with zero attached hydrogens (tertiary/aromatic N) is 3. The van der Waals surface area contributed by atoms with Crippen LogP contribution in [0.15, 0.2) is 30.5 Å². The molecule has 0 aliphatic carbocycles. The van der Waals surface area contributed by atoms with Gasteiger partial charge in [0.1, 0.15) is 0 Å². The van der Waals surface area contributed by atoms with Gasteiger partial charge in [0.05, 0.1) is 17.8 Å². The second-order valence-electron chi connectivity index (χ2n) is 5.45. The third kappa shape index (κ3) is 3.10. The summed E-state index contributed by atoms with van der Waals surface area (Å²) < 4.78 is 1.81. The Morgan fingerprint density at radius 1 is 1.33 bits per heavy atom. The van der Waals surface area contributed by atoms with Gasteiger partial charge in [-0.05, 0) is 37.5 Å². The van der Waals surface area contributed by atoms with Gasteiger partial charge in [0, 0.05) is 24.3 Å². The molecule has 1 saturated heterocycles. The highest BCUT2D eigenvalue weighted by atomic mass is 35.5. The zero-order valence-electron chi connectivity index (χ0n) is 12.1. The molecule has 4 nitrogen and oxygen atoms in total. The Kier molecular flexibility index (Phi) is 3.97. The van der Waals surface area contributed by atoms with E-state index in [0.717, 1.165) is 37.2 Å². The van der Waals surface area contributed by atoms with E-state index in [-0.39, 0.29) is 5.91 Å². The fourth-order valence-corrected chi connectivity index (χ4v) is 2.93. The summed E-state index contributed by atoms with van der Waals surface area (Å²) in [4.78, 5) is 14.3. The maximum absolute atomic E-state index is 12.4. The van der Waals surface area contributed by atoms with Crippen molar-refractivity contribution in [2.24, 2.45) is 0 Å². The number of aryl methyl sites for hydroxylation is 1. The minimum absolute atomic E-state index is 0.0994. The molecule has 1 aromatic heterocycles. The van der Waals surface area contributed by atoms with Gasteiger partial charge in [0.15, 0.2) is 0 Å². The van der Waals surface area contributed by atoms with Gasteiger partial charge in [-0.1, -0.05) is 23.7 Å². The van der Waals surface area contributed by atoms with Crippen molar-refractivity contribution in [2.45, 2.75) is 26.3 Å². The number of carbonyl (C=O) groups is 1. The molecule has 1 aromatic carbocycles. The Labute approximate surface area is 129 Å². The summed E-state index contributed by atoms with van der Waals surface area (Å²) in [7, 11) is 0. The standard InChI is InChI=1S/C16H18ClN3O/c1-12-15(16(21)19-7-2-3-8-19)11-20(18-12)10-13-5-4-6-14(17)9-13/h4-6,9,11H,2-3,7-8,10H2,1H3. The third-order valence-electron chi connectivity index (χ3n) is 3.80. The molecule has 2 aromatic rings. The molecule has 0 atom stereocenters. The first kappa shape index (κ1) is 14.1. The fourth-order valence-electron chi connectivity index (χ4n) is 2.72. The van der Waals surface area contributed by atoms with Crippen LogP contribution < -0.4 is 0 Å². The molecular weight excluding hydrogens is 286 g/mol. The van der Waals surface area contributed by atoms with Gasteiger partial charge < -0.3 is 4.90 Å². The number of benzene rings is 1. The second-order valence-corrected chi connectivity index (χ2v) is 5.89. The van der Waals surface area contributed by atoms with E-state index >= 15 is 0 Å². The predicted molar refractivity (Wildman–Crippen MR) is 82.7 cm³/mol. The Balaban J connectivity index is 1.79. The molecule has 3 rings (SSSR count). The lowest BCUT2D eigenvalue weighted by molar-refractivity contribution is 0.0792. The highest BCUT2D eigenvalue weighted by Gasteiger charge is 2.22. The van der Waals surface area contributed by atoms with E-state index in [2.05, 4.69) is 5.10 Å². The van der Waals surface area contributed by atoms with Crippen LogP contribution in [0.25, 0.3) is 0 Å². The Bertz CT molecular complexity index is 659. The first-order valence-corrected chi connectivity index (χ1v) is 7.59. The summed E-state index contributed by atoms with van der Waals surface area (Å²) in [6, 6.07) is 7.69. The summed E-state index contributed by atoms with van der Waals surface area (Å²) >= 11 is 5.99. The molecule has 1 fully saturated rings. The maximum Gasteiger partial charge on any atom is 0.257 e. The zero-order chi connectivity index (χ0) is 14.8. The van der Waals surface area contributed by atoms with Gasteiger partial charge in [0.2, 0.25) is 0 Å². The second kappa shape index (κ2) is 5.90. The molecule has 0 bridgehead atoms. The van der Waals surface area contributed by atoms with Crippen LogP contribution in [0.1, 0.15) is 34.5 Å². The largest absolute Gasteiger partial charge is 0.339 e. The van der Waals surface area contributed by atoms with Crippen LogP contribution in [0.2, 0.25) is 5.02 Å². The summed E-state index contributed by atoms with van der Waals surface area (Å²) in [6.07, 6.45) is 4.04. The molecular formula is C16H18ClN3O. The van der Waals surface area contributed by atoms with Gasteiger partial charge in [-0.2, -0.15) is 5.10 Å². The van der Waals surface area contributed by atoms with Crippen molar-refractivity contribution in [3.8, 4) is 0 Å². The Morgan fingerprint density at radius 3 is 2.81 bits per heavy atom. The average molecular weight is 304 g/mol. The molecule has 1 aliphatic heterocycles. The molecule has 21 heavy (non-hydrogen) atoms. The predicted octanol–water partition coefficient (Wildman–Crippen LogP) is 3.13. The smallest absolute Gasteiger partial charge is 0.257 e. The van der Waals surface area contributed by atoms with Crippen LogP contribution in [0.3, 0.4) is 0 Å². The molecule has 1 amide bonds. The summed E-state index contributed by atoms with van der Waals surface area (Å²) in [5, 5.41) is 5.17. The van der Waals surface area contributed by atoms with Gasteiger partial charge >= 0.3 is 0 Å². The Morgan fingerprint density at radius 2 is 2.10 bits per heavy atom. The molecule has 2 heterocycles. The number of carbonyl (C=O) groups excluding carboxylic acids is 1. The van der Waals surface area contributed by atoms with E-state index in [1.807, 2.05) is 47.0 Å². The minimum Gasteiger partial charge on any atom is -0.339 e. The lowest BCUT2D eigenvalue weighted by Gasteiger charge is -2.13. The monoisotopic (exact) mass is 303 g/mol. The first-order chi connectivity index (χ1) is 10.1. The van der Waals surface area contributed by atoms with E-state index in [0.29, 0.717) is 17.1 Å². The summed E-state index contributed by atoms with van der Waals surface area (Å²) in [5.41, 5.74) is 2.57. The number of hydrogen-bond donors (Lipinski definition) is 0. The van der Waals surface area contributed by atoms with Crippen LogP contribution in [0.4, 0.5) is 0 Å². The number of hydrogen-bond acceptors (Lipinski definition) is 2. The van der Waals surface area contributed by atoms with E-state index in [1.165, 1.54) is 0 Å². The van der Waals surface area contributed by atoms with Crippen molar-refractivity contribution < 1.29 is 4.79 Å². The topological polar surface area (TPSA) is 38.1 Å². The zero-order valence-corrected chi connectivity index (χ0v) is 12.8. The van der Waals surface area contributed by atoms with E-state index in [4.69, 9.17) is 11.6 Å². The van der Waals surface area contributed by atoms with Crippen LogP contribution in [0.5, 0.6) is 0 Å². The van der Waals surface area contributed by atoms with Crippen molar-refractivity contribution in [1.82, 2.24) is 14.7 Å². The number of amides is 1. The fraction of sp³-hybridized carbons (Fsp3) is 0.375. The third-order valence-corrected chi connectivity index (χ3v) is 4.04. The number of rotatable bonds is 3. The van der Waals surface area contributed by atoms with Gasteiger partial charge in [-0.25, -0.2) is 0 Å². The van der Waals surface area contributed by atoms with Crippen molar-refractivity contribution in [2.75, 3.05) is 13.1 Å². The molecule has 1 aliphatic rings. The molecule has 0 saturated carbocycles. The molecule has 0 spiro atoms. The quantitative estimate of drug-likeness (QED) is 0.874. The average Bonchev–Trinajstić information content (AvgIpc) is 3.08. The van der Waals surface area contributed by atoms with Gasteiger partial charge in [0.25, 0.3) is 5.91 Å². The van der Waals surface area contributed by atoms with Crippen molar-refractivity contribution >= 4 is 17.5 Å². The maximum atomic E-state index is 12.4. The lowest BCUT2D eigenvalue weighted by atomic mass is 10.2. The lowest BCUT2D eigenvalue weighted by Crippen LogP contribution is -2.27. The number of likely N-dealkylation sites (tertiary alicyclic amines) is 1. The molecule has 0 radical (unpaired) electrons. The van der Waals surface area contributed by atoms with Crippen LogP contribution in [-0.2, 0) is 6.54 Å². The highest BCUT2D eigenvalue weighted by molar-refractivity contribution is 6.30. The van der Waals surface area contributed by atoms with Crippen molar-refractivity contribution in [3.05, 3.63) is 52.3 Å². The van der Waals surface area contributed by atoms with E-state index in [9.17, 15) is 4.79 Å². The van der Waals surface area contributed by atoms with Gasteiger partial charge in [-0.15, -0.1) is 0 Å². The van der Waals surface area contributed by atoms with Crippen LogP contribution in [-0.4, -0.2) is 33.7 Å². The summed E-state index contributed by atoms with van der Waals surface area (Å²) in [6.45, 7) is 4.22. The minimum atomic E-state index is 0.0994.